The van der Waals surface area contributed by atoms with Gasteiger partial charge in [0.05, 0.1) is 43.9 Å². The number of hydrogen-bond acceptors (Lipinski definition) is 9. The van der Waals surface area contributed by atoms with Gasteiger partial charge in [-0.3, -0.25) is 19.7 Å². The van der Waals surface area contributed by atoms with E-state index >= 15 is 0 Å². The summed E-state index contributed by atoms with van der Waals surface area (Å²) >= 11 is 0. The van der Waals surface area contributed by atoms with Gasteiger partial charge in [-0.2, -0.15) is 0 Å². The molecule has 3 aliphatic rings. The Hall–Kier alpha value is -2.84. The monoisotopic (exact) mass is 776 g/mol. The number of rotatable bonds is 23. The van der Waals surface area contributed by atoms with Crippen LogP contribution in [-0.4, -0.2) is 141 Å². The third-order valence-corrected chi connectivity index (χ3v) is 12.2. The lowest BCUT2D eigenvalue weighted by Crippen LogP contribution is -2.62. The average Bonchev–Trinajstić information content (AvgIpc) is 3.73. The molecule has 55 heavy (non-hydrogen) atoms. The summed E-state index contributed by atoms with van der Waals surface area (Å²) in [5.74, 6) is -2.30. The zero-order valence-electron chi connectivity index (χ0n) is 35.8. The van der Waals surface area contributed by atoms with E-state index in [0.717, 1.165) is 31.3 Å². The Kier molecular flexibility index (Phi) is 17.8. The van der Waals surface area contributed by atoms with Gasteiger partial charge >= 0.3 is 5.97 Å². The quantitative estimate of drug-likeness (QED) is 0.128. The Morgan fingerprint density at radius 3 is 2.24 bits per heavy atom. The van der Waals surface area contributed by atoms with Crippen molar-refractivity contribution in [2.24, 2.45) is 29.6 Å². The number of allylic oxidation sites excluding steroid dienone is 3. The second kappa shape index (κ2) is 21.1. The molecule has 13 nitrogen and oxygen atoms in total. The smallest absolute Gasteiger partial charge is 0.326 e. The van der Waals surface area contributed by atoms with E-state index in [1.807, 2.05) is 58.1 Å². The number of carbonyl (C=O) groups excluding carboxylic acids is 3. The molecule has 10 atom stereocenters. The van der Waals surface area contributed by atoms with Crippen molar-refractivity contribution < 1.29 is 38.5 Å². The number of carboxylic acids is 1. The molecule has 0 aromatic heterocycles. The van der Waals surface area contributed by atoms with Crippen LogP contribution >= 0.6 is 0 Å². The van der Waals surface area contributed by atoms with Gasteiger partial charge in [-0.05, 0) is 64.0 Å². The highest BCUT2D eigenvalue weighted by Crippen LogP contribution is 2.37. The molecule has 3 amide bonds. The van der Waals surface area contributed by atoms with Gasteiger partial charge in [0.2, 0.25) is 17.7 Å². The first-order valence-electron chi connectivity index (χ1n) is 20.5. The van der Waals surface area contributed by atoms with Gasteiger partial charge in [0, 0.05) is 45.7 Å². The van der Waals surface area contributed by atoms with Crippen LogP contribution in [0.15, 0.2) is 23.8 Å². The van der Waals surface area contributed by atoms with Crippen LogP contribution in [0.5, 0.6) is 0 Å². The number of nitrogens with one attached hydrogen (secondary N) is 2. The van der Waals surface area contributed by atoms with Crippen LogP contribution in [0.1, 0.15) is 93.4 Å². The molecule has 13 heteroatoms. The van der Waals surface area contributed by atoms with Gasteiger partial charge in [0.25, 0.3) is 0 Å². The molecule has 314 valence electrons. The van der Waals surface area contributed by atoms with Crippen molar-refractivity contribution in [3.8, 4) is 0 Å². The van der Waals surface area contributed by atoms with Crippen molar-refractivity contribution in [1.82, 2.24) is 25.3 Å². The summed E-state index contributed by atoms with van der Waals surface area (Å²) in [5, 5.41) is 16.4. The Bertz CT molecular complexity index is 1340. The highest BCUT2D eigenvalue weighted by atomic mass is 16.6. The summed E-state index contributed by atoms with van der Waals surface area (Å²) in [6.45, 7) is 15.6. The van der Waals surface area contributed by atoms with E-state index in [4.69, 9.17) is 14.2 Å². The lowest BCUT2D eigenvalue weighted by Gasteiger charge is -2.42. The van der Waals surface area contributed by atoms with Crippen molar-refractivity contribution in [1.29, 1.82) is 0 Å². The van der Waals surface area contributed by atoms with Crippen LogP contribution in [0, 0.1) is 29.6 Å². The van der Waals surface area contributed by atoms with E-state index in [-0.39, 0.29) is 73.0 Å². The Balaban J connectivity index is 1.80. The van der Waals surface area contributed by atoms with Crippen LogP contribution in [0.4, 0.5) is 0 Å². The van der Waals surface area contributed by atoms with Crippen LogP contribution in [-0.2, 0) is 33.4 Å². The number of amides is 3. The Labute approximate surface area is 330 Å². The van der Waals surface area contributed by atoms with Gasteiger partial charge in [0.15, 0.2) is 5.72 Å². The topological polar surface area (TPSA) is 153 Å². The zero-order valence-corrected chi connectivity index (χ0v) is 35.8. The maximum absolute atomic E-state index is 14.5. The van der Waals surface area contributed by atoms with E-state index in [1.54, 1.807) is 26.0 Å². The minimum absolute atomic E-state index is 0.0257. The number of likely N-dealkylation sites (N-methyl/N-ethyl adjacent to an activating group) is 2. The molecule has 3 N–H and O–H groups in total. The minimum Gasteiger partial charge on any atom is -0.480 e. The van der Waals surface area contributed by atoms with Gasteiger partial charge in [0.1, 0.15) is 6.04 Å². The normalized spacial score (nSPS) is 24.2. The summed E-state index contributed by atoms with van der Waals surface area (Å²) in [4.78, 5) is 60.5. The maximum atomic E-state index is 14.5. The third-order valence-electron chi connectivity index (χ3n) is 12.2. The molecule has 0 radical (unpaired) electrons. The van der Waals surface area contributed by atoms with Crippen molar-refractivity contribution in [2.75, 3.05) is 55.1 Å². The van der Waals surface area contributed by atoms with Gasteiger partial charge in [-0.15, -0.1) is 0 Å². The molecular weight excluding hydrogens is 702 g/mol. The summed E-state index contributed by atoms with van der Waals surface area (Å²) in [5.41, 5.74) is 0.364. The number of likely N-dealkylation sites (tertiary alicyclic amines) is 1. The number of hydrogen-bond donors (Lipinski definition) is 3. The van der Waals surface area contributed by atoms with Gasteiger partial charge < -0.3 is 39.3 Å². The van der Waals surface area contributed by atoms with E-state index in [2.05, 4.69) is 43.2 Å². The lowest BCUT2D eigenvalue weighted by molar-refractivity contribution is -0.146. The van der Waals surface area contributed by atoms with Crippen molar-refractivity contribution in [3.05, 3.63) is 23.8 Å². The third kappa shape index (κ3) is 11.8. The predicted octanol–water partition coefficient (Wildman–Crippen LogP) is 4.32. The molecule has 0 aromatic carbocycles. The number of aliphatic carboxylic acids is 1. The highest BCUT2D eigenvalue weighted by molar-refractivity contribution is 5.85. The molecular formula is C42H73N5O8. The van der Waals surface area contributed by atoms with E-state index in [1.165, 1.54) is 0 Å². The molecule has 2 saturated heterocycles. The summed E-state index contributed by atoms with van der Waals surface area (Å²) in [6, 6.07) is -2.16. The number of nitrogens with zero attached hydrogens (tertiary/aromatic N) is 3. The van der Waals surface area contributed by atoms with Crippen molar-refractivity contribution in [3.63, 3.8) is 0 Å². The Morgan fingerprint density at radius 1 is 1.07 bits per heavy atom. The maximum Gasteiger partial charge on any atom is 0.326 e. The second-order valence-corrected chi connectivity index (χ2v) is 17.1. The molecule has 2 aliphatic heterocycles. The average molecular weight is 776 g/mol. The van der Waals surface area contributed by atoms with Crippen LogP contribution in [0.2, 0.25) is 0 Å². The van der Waals surface area contributed by atoms with Crippen molar-refractivity contribution >= 4 is 23.7 Å². The standard InChI is InChI=1S/C42H73N5O8/c1-13-28(6)37(46(10)40(50)36(26(2)3)44-42(25-55-42)38(27(4)5)45(8)9)34(54-12)23-35(48)47-21-17-20-33(47)31(24-53-11)29(7)39(49)43-32(41(51)52)22-30-18-15-14-16-19-30/h14-15,18,26-29,31-34,36-38,44H,13,16-17,19-25H2,1-12H3,(H,43,49)(H,51,52)/t28-,29?,31?,32-,33-,34?,36-,37-,38-,42?/m0/s1. The summed E-state index contributed by atoms with van der Waals surface area (Å²) in [6.07, 6.45) is 9.46. The second-order valence-electron chi connectivity index (χ2n) is 17.1. The first kappa shape index (κ1) is 46.5. The number of epoxide rings is 1. The van der Waals surface area contributed by atoms with E-state index in [9.17, 15) is 24.3 Å². The Morgan fingerprint density at radius 2 is 1.75 bits per heavy atom. The molecule has 4 unspecified atom stereocenters. The van der Waals surface area contributed by atoms with Crippen molar-refractivity contribution in [2.45, 2.75) is 135 Å². The molecule has 0 spiro atoms. The SMILES string of the molecule is CC[C@H](C)[C@@H](C(CC(=O)N1CCC[C@H]1C(COC)C(C)C(=O)N[C@@H](CC1=CC=CCC1)C(=O)O)OC)N(C)C(=O)[C@@H](NC1([C@H](C(C)C)N(C)C)CO1)C(C)C. The largest absolute Gasteiger partial charge is 0.480 e. The molecule has 2 heterocycles. The van der Waals surface area contributed by atoms with Crippen LogP contribution < -0.4 is 10.6 Å². The number of methoxy groups -OCH3 is 2. The summed E-state index contributed by atoms with van der Waals surface area (Å²) in [7, 11) is 9.07. The predicted molar refractivity (Wildman–Crippen MR) is 214 cm³/mol. The molecule has 1 aliphatic carbocycles. The van der Waals surface area contributed by atoms with Gasteiger partial charge in [-0.25, -0.2) is 4.79 Å². The van der Waals surface area contributed by atoms with Gasteiger partial charge in [-0.1, -0.05) is 78.7 Å². The highest BCUT2D eigenvalue weighted by Gasteiger charge is 2.56. The minimum atomic E-state index is -1.08. The fraction of sp³-hybridized carbons (Fsp3) is 0.810. The molecule has 0 aromatic rings. The number of ether oxygens (including phenoxy) is 3. The molecule has 3 rings (SSSR count). The molecule has 2 fully saturated rings. The fourth-order valence-electron chi connectivity index (χ4n) is 9.09. The molecule has 0 saturated carbocycles. The van der Waals surface area contributed by atoms with Crippen LogP contribution in [0.25, 0.3) is 0 Å². The first-order chi connectivity index (χ1) is 25.9. The summed E-state index contributed by atoms with van der Waals surface area (Å²) < 4.78 is 17.8. The lowest BCUT2D eigenvalue weighted by atomic mass is 9.85. The zero-order chi connectivity index (χ0) is 41.2. The number of carbonyl (C=O) groups is 4. The van der Waals surface area contributed by atoms with E-state index in [0.29, 0.717) is 25.5 Å². The molecule has 0 bridgehead atoms. The van der Waals surface area contributed by atoms with Crippen LogP contribution in [0.3, 0.4) is 0 Å². The first-order valence-corrected chi connectivity index (χ1v) is 20.5. The van der Waals surface area contributed by atoms with E-state index < -0.39 is 35.8 Å². The number of carboxylic acid groups (broad SMARTS) is 1. The fourth-order valence-corrected chi connectivity index (χ4v) is 9.09.